The van der Waals surface area contributed by atoms with E-state index < -0.39 is 0 Å². The molecule has 6 nitrogen and oxygen atoms in total. The highest BCUT2D eigenvalue weighted by Gasteiger charge is 2.16. The highest BCUT2D eigenvalue weighted by atomic mass is 16.2. The maximum atomic E-state index is 12.8. The fraction of sp³-hybridized carbons (Fsp3) is 0.120. The Morgan fingerprint density at radius 1 is 1.13 bits per heavy atom. The SMILES string of the molecule is CC(=O)NCCC(=O)n1cc(/C(C#N)=C/c2cccc3cnccc23)c2ccccc21. The van der Waals surface area contributed by atoms with E-state index in [1.807, 2.05) is 54.6 Å². The van der Waals surface area contributed by atoms with E-state index in [2.05, 4.69) is 16.4 Å². The molecule has 0 spiro atoms. The summed E-state index contributed by atoms with van der Waals surface area (Å²) in [5.74, 6) is -0.324. The van der Waals surface area contributed by atoms with Gasteiger partial charge in [0.05, 0.1) is 17.2 Å². The van der Waals surface area contributed by atoms with Crippen LogP contribution in [0.4, 0.5) is 0 Å². The van der Waals surface area contributed by atoms with Gasteiger partial charge in [0.15, 0.2) is 0 Å². The van der Waals surface area contributed by atoms with Crippen molar-refractivity contribution in [3.05, 3.63) is 78.2 Å². The average Bonchev–Trinajstić information content (AvgIpc) is 3.17. The summed E-state index contributed by atoms with van der Waals surface area (Å²) >= 11 is 0. The highest BCUT2D eigenvalue weighted by molar-refractivity contribution is 6.06. The molecule has 4 aromatic rings. The lowest BCUT2D eigenvalue weighted by molar-refractivity contribution is -0.118. The minimum Gasteiger partial charge on any atom is -0.356 e. The maximum absolute atomic E-state index is 12.8. The zero-order valence-corrected chi connectivity index (χ0v) is 17.0. The predicted octanol–water partition coefficient (Wildman–Crippen LogP) is 4.42. The van der Waals surface area contributed by atoms with Crippen LogP contribution in [-0.4, -0.2) is 27.9 Å². The van der Waals surface area contributed by atoms with Crippen molar-refractivity contribution in [1.29, 1.82) is 5.26 Å². The Labute approximate surface area is 179 Å². The Kier molecular flexibility index (Phi) is 5.59. The van der Waals surface area contributed by atoms with Crippen molar-refractivity contribution in [2.75, 3.05) is 6.54 Å². The number of nitrogens with zero attached hydrogens (tertiary/aromatic N) is 3. The molecule has 2 heterocycles. The van der Waals surface area contributed by atoms with Gasteiger partial charge in [-0.1, -0.05) is 36.4 Å². The smallest absolute Gasteiger partial charge is 0.232 e. The number of aromatic nitrogens is 2. The predicted molar refractivity (Wildman–Crippen MR) is 121 cm³/mol. The first kappa shape index (κ1) is 20.0. The van der Waals surface area contributed by atoms with Gasteiger partial charge in [-0.2, -0.15) is 5.26 Å². The van der Waals surface area contributed by atoms with E-state index in [4.69, 9.17) is 0 Å². The molecule has 4 rings (SSSR count). The number of carbonyl (C=O) groups is 2. The zero-order valence-electron chi connectivity index (χ0n) is 17.0. The quantitative estimate of drug-likeness (QED) is 0.495. The van der Waals surface area contributed by atoms with Crippen LogP contribution in [0.5, 0.6) is 0 Å². The number of benzene rings is 2. The lowest BCUT2D eigenvalue weighted by atomic mass is 10.00. The van der Waals surface area contributed by atoms with Gasteiger partial charge in [0, 0.05) is 54.8 Å². The van der Waals surface area contributed by atoms with Gasteiger partial charge < -0.3 is 5.32 Å². The molecule has 0 aliphatic carbocycles. The second-order valence-electron chi connectivity index (χ2n) is 7.17. The second kappa shape index (κ2) is 8.64. The molecular formula is C25H20N4O2. The second-order valence-corrected chi connectivity index (χ2v) is 7.17. The Hall–Kier alpha value is -4.24. The van der Waals surface area contributed by atoms with Crippen LogP contribution in [0.2, 0.25) is 0 Å². The number of pyridine rings is 1. The first-order valence-corrected chi connectivity index (χ1v) is 9.91. The minimum absolute atomic E-state index is 0.148. The summed E-state index contributed by atoms with van der Waals surface area (Å²) < 4.78 is 1.56. The van der Waals surface area contributed by atoms with Crippen LogP contribution in [0.3, 0.4) is 0 Å². The molecule has 0 unspecified atom stereocenters. The molecule has 2 aromatic heterocycles. The normalized spacial score (nSPS) is 11.4. The molecule has 0 atom stereocenters. The van der Waals surface area contributed by atoms with Crippen molar-refractivity contribution >= 4 is 45.1 Å². The number of allylic oxidation sites excluding steroid dienone is 1. The molecule has 0 bridgehead atoms. The van der Waals surface area contributed by atoms with Gasteiger partial charge >= 0.3 is 0 Å². The fourth-order valence-electron chi connectivity index (χ4n) is 3.67. The largest absolute Gasteiger partial charge is 0.356 e. The Balaban J connectivity index is 1.79. The third-order valence-corrected chi connectivity index (χ3v) is 5.12. The Morgan fingerprint density at radius 2 is 1.97 bits per heavy atom. The summed E-state index contributed by atoms with van der Waals surface area (Å²) in [6.07, 6.45) is 7.24. The van der Waals surface area contributed by atoms with Gasteiger partial charge in [0.1, 0.15) is 0 Å². The molecule has 0 fully saturated rings. The number of nitriles is 1. The number of carbonyl (C=O) groups excluding carboxylic acids is 2. The van der Waals surface area contributed by atoms with Crippen molar-refractivity contribution in [2.24, 2.45) is 0 Å². The number of para-hydroxylation sites is 1. The molecule has 2 aromatic carbocycles. The van der Waals surface area contributed by atoms with Crippen molar-refractivity contribution in [2.45, 2.75) is 13.3 Å². The van der Waals surface area contributed by atoms with E-state index in [1.165, 1.54) is 6.92 Å². The molecule has 0 saturated carbocycles. The molecular weight excluding hydrogens is 388 g/mol. The molecule has 0 saturated heterocycles. The van der Waals surface area contributed by atoms with Crippen LogP contribution in [0, 0.1) is 11.3 Å². The van der Waals surface area contributed by atoms with E-state index in [0.29, 0.717) is 11.1 Å². The van der Waals surface area contributed by atoms with E-state index >= 15 is 0 Å². The molecule has 6 heteroatoms. The van der Waals surface area contributed by atoms with Crippen LogP contribution in [0.15, 0.2) is 67.1 Å². The summed E-state index contributed by atoms with van der Waals surface area (Å²) in [5.41, 5.74) is 2.80. The first-order valence-electron chi connectivity index (χ1n) is 9.91. The monoisotopic (exact) mass is 408 g/mol. The van der Waals surface area contributed by atoms with Crippen LogP contribution in [0.1, 0.15) is 29.3 Å². The number of nitrogens with one attached hydrogen (secondary N) is 1. The van der Waals surface area contributed by atoms with Gasteiger partial charge in [-0.15, -0.1) is 0 Å². The van der Waals surface area contributed by atoms with Gasteiger partial charge in [0.25, 0.3) is 0 Å². The Morgan fingerprint density at radius 3 is 2.77 bits per heavy atom. The van der Waals surface area contributed by atoms with Gasteiger partial charge in [-0.25, -0.2) is 0 Å². The van der Waals surface area contributed by atoms with Crippen molar-refractivity contribution < 1.29 is 9.59 Å². The number of rotatable bonds is 5. The van der Waals surface area contributed by atoms with Crippen LogP contribution in [-0.2, 0) is 4.79 Å². The third kappa shape index (κ3) is 4.07. The van der Waals surface area contributed by atoms with E-state index in [1.54, 1.807) is 23.2 Å². The highest BCUT2D eigenvalue weighted by Crippen LogP contribution is 2.30. The molecule has 1 amide bonds. The first-order chi connectivity index (χ1) is 15.1. The Bertz CT molecular complexity index is 1370. The summed E-state index contributed by atoms with van der Waals surface area (Å²) in [7, 11) is 0. The molecule has 31 heavy (non-hydrogen) atoms. The van der Waals surface area contributed by atoms with Crippen LogP contribution < -0.4 is 5.32 Å². The topological polar surface area (TPSA) is 87.8 Å². The van der Waals surface area contributed by atoms with Crippen molar-refractivity contribution in [1.82, 2.24) is 14.9 Å². The van der Waals surface area contributed by atoms with Crippen molar-refractivity contribution in [3.63, 3.8) is 0 Å². The lowest BCUT2D eigenvalue weighted by Crippen LogP contribution is -2.24. The maximum Gasteiger partial charge on any atom is 0.232 e. The zero-order chi connectivity index (χ0) is 21.8. The number of hydrogen-bond acceptors (Lipinski definition) is 4. The van der Waals surface area contributed by atoms with Crippen LogP contribution >= 0.6 is 0 Å². The third-order valence-electron chi connectivity index (χ3n) is 5.12. The number of amides is 1. The van der Waals surface area contributed by atoms with Crippen molar-refractivity contribution in [3.8, 4) is 6.07 Å². The van der Waals surface area contributed by atoms with Gasteiger partial charge in [0.2, 0.25) is 11.8 Å². The summed E-state index contributed by atoms with van der Waals surface area (Å²) in [6, 6.07) is 17.6. The fourth-order valence-corrected chi connectivity index (χ4v) is 3.67. The summed E-state index contributed by atoms with van der Waals surface area (Å²) in [4.78, 5) is 28.1. The summed E-state index contributed by atoms with van der Waals surface area (Å²) in [5, 5.41) is 15.4. The molecule has 0 radical (unpaired) electrons. The molecule has 1 N–H and O–H groups in total. The lowest BCUT2D eigenvalue weighted by Gasteiger charge is -2.04. The minimum atomic E-state index is -0.175. The van der Waals surface area contributed by atoms with E-state index in [9.17, 15) is 14.9 Å². The number of hydrogen-bond donors (Lipinski definition) is 1. The molecule has 0 aliphatic heterocycles. The number of fused-ring (bicyclic) bond motifs is 2. The average molecular weight is 408 g/mol. The van der Waals surface area contributed by atoms with E-state index in [0.717, 1.165) is 27.2 Å². The van der Waals surface area contributed by atoms with Gasteiger partial charge in [-0.3, -0.25) is 19.1 Å². The van der Waals surface area contributed by atoms with Crippen LogP contribution in [0.25, 0.3) is 33.3 Å². The molecule has 152 valence electrons. The standard InChI is InChI=1S/C25H20N4O2/c1-17(30)28-12-10-25(31)29-16-23(22-7-2-3-8-24(22)29)20(14-26)13-18-5-4-6-19-15-27-11-9-21(18)19/h2-9,11,13,15-16H,10,12H2,1H3,(H,28,30)/b20-13+. The molecule has 0 aliphatic rings. The summed E-state index contributed by atoms with van der Waals surface area (Å²) in [6.45, 7) is 1.68. The van der Waals surface area contributed by atoms with E-state index in [-0.39, 0.29) is 24.8 Å². The van der Waals surface area contributed by atoms with Gasteiger partial charge in [-0.05, 0) is 29.2 Å².